The van der Waals surface area contributed by atoms with Gasteiger partial charge in [-0.1, -0.05) is 36.4 Å². The van der Waals surface area contributed by atoms with Gasteiger partial charge < -0.3 is 0 Å². The highest BCUT2D eigenvalue weighted by atomic mass is 32.2. The van der Waals surface area contributed by atoms with Gasteiger partial charge in [0.25, 0.3) is 0 Å². The zero-order valence-electron chi connectivity index (χ0n) is 8.86. The predicted octanol–water partition coefficient (Wildman–Crippen LogP) is 3.93. The van der Waals surface area contributed by atoms with Crippen molar-refractivity contribution in [3.8, 4) is 0 Å². The van der Waals surface area contributed by atoms with Gasteiger partial charge in [0.15, 0.2) is 0 Å². The normalized spacial score (nSPS) is 24.3. The van der Waals surface area contributed by atoms with E-state index in [2.05, 4.69) is 37.8 Å². The minimum Gasteiger partial charge on any atom is -0.125 e. The van der Waals surface area contributed by atoms with Crippen molar-refractivity contribution in [2.75, 3.05) is 5.75 Å². The molecule has 0 saturated carbocycles. The maximum Gasteiger partial charge on any atom is 0.0112 e. The van der Waals surface area contributed by atoms with Gasteiger partial charge in [-0.15, -0.1) is 11.8 Å². The summed E-state index contributed by atoms with van der Waals surface area (Å²) in [5.74, 6) is 1.69. The molecule has 1 aliphatic rings. The van der Waals surface area contributed by atoms with E-state index in [1.165, 1.54) is 16.0 Å². The Morgan fingerprint density at radius 2 is 2.27 bits per heavy atom. The van der Waals surface area contributed by atoms with Crippen LogP contribution in [0.15, 0.2) is 47.4 Å². The van der Waals surface area contributed by atoms with Crippen LogP contribution in [-0.4, -0.2) is 5.75 Å². The van der Waals surface area contributed by atoms with Crippen LogP contribution in [0.1, 0.15) is 18.4 Å². The lowest BCUT2D eigenvalue weighted by atomic mass is 9.83. The first-order valence-corrected chi connectivity index (χ1v) is 6.10. The van der Waals surface area contributed by atoms with Crippen LogP contribution >= 0.6 is 11.8 Å². The molecule has 0 N–H and O–H groups in total. The van der Waals surface area contributed by atoms with Crippen molar-refractivity contribution in [3.63, 3.8) is 0 Å². The maximum atomic E-state index is 7.58. The molecule has 0 aromatic heterocycles. The molecule has 2 unspecified atom stereocenters. The highest BCUT2D eigenvalue weighted by Crippen LogP contribution is 2.43. The second-order valence-corrected chi connectivity index (χ2v) is 5.06. The molecular weight excluding hydrogens is 200 g/mol. The molecule has 2 rings (SSSR count). The second kappa shape index (κ2) is 4.28. The van der Waals surface area contributed by atoms with Gasteiger partial charge in [-0.05, 0) is 31.1 Å². The first kappa shape index (κ1) is 10.6. The molecular formula is C14H14S. The van der Waals surface area contributed by atoms with Crippen molar-refractivity contribution in [3.05, 3.63) is 54.6 Å². The Morgan fingerprint density at radius 3 is 2.93 bits per heavy atom. The molecule has 0 aliphatic carbocycles. The summed E-state index contributed by atoms with van der Waals surface area (Å²) in [6, 6.07) is 8.39. The molecule has 0 nitrogen and oxygen atoms in total. The smallest absolute Gasteiger partial charge is 0.0112 e. The Kier molecular flexibility index (Phi) is 3.01. The molecule has 0 spiro atoms. The summed E-state index contributed by atoms with van der Waals surface area (Å²) in [4.78, 5) is 1.32. The number of hydrogen-bond acceptors (Lipinski definition) is 1. The number of benzene rings is 1. The Bertz CT molecular complexity index is 392. The fourth-order valence-electron chi connectivity index (χ4n) is 2.04. The van der Waals surface area contributed by atoms with Crippen LogP contribution in [0.25, 0.3) is 0 Å². The van der Waals surface area contributed by atoms with Gasteiger partial charge in [0, 0.05) is 16.6 Å². The molecule has 1 heterocycles. The predicted molar refractivity (Wildman–Crippen MR) is 66.0 cm³/mol. The Labute approximate surface area is 96.1 Å². The number of allylic oxidation sites excluding steroid dienone is 2. The fraction of sp³-hybridized carbons (Fsp3) is 0.286. The van der Waals surface area contributed by atoms with Crippen LogP contribution in [0.4, 0.5) is 0 Å². The van der Waals surface area contributed by atoms with Gasteiger partial charge in [0.1, 0.15) is 0 Å². The zero-order chi connectivity index (χ0) is 10.8. The minimum atomic E-state index is 0.222. The highest BCUT2D eigenvalue weighted by Gasteiger charge is 2.27. The van der Waals surface area contributed by atoms with E-state index in [9.17, 15) is 0 Å². The number of hydrogen-bond donors (Lipinski definition) is 0. The van der Waals surface area contributed by atoms with E-state index < -0.39 is 0 Å². The molecule has 15 heavy (non-hydrogen) atoms. The molecule has 1 aromatic rings. The SMILES string of the molecule is [C]=CC1c2ccccc2SCC1C(=C)C. The highest BCUT2D eigenvalue weighted by molar-refractivity contribution is 7.99. The van der Waals surface area contributed by atoms with Gasteiger partial charge in [0.2, 0.25) is 0 Å². The molecule has 0 saturated heterocycles. The number of thioether (sulfide) groups is 1. The van der Waals surface area contributed by atoms with Crippen molar-refractivity contribution in [2.45, 2.75) is 17.7 Å². The third-order valence-electron chi connectivity index (χ3n) is 2.94. The lowest BCUT2D eigenvalue weighted by Gasteiger charge is -2.31. The number of fused-ring (bicyclic) bond motifs is 1. The maximum absolute atomic E-state index is 7.58. The molecule has 2 radical (unpaired) electrons. The summed E-state index contributed by atoms with van der Waals surface area (Å²) < 4.78 is 0. The van der Waals surface area contributed by atoms with Crippen molar-refractivity contribution in [2.24, 2.45) is 5.92 Å². The van der Waals surface area contributed by atoms with E-state index in [1.54, 1.807) is 6.08 Å². The monoisotopic (exact) mass is 214 g/mol. The zero-order valence-corrected chi connectivity index (χ0v) is 9.68. The van der Waals surface area contributed by atoms with Gasteiger partial charge in [-0.25, -0.2) is 0 Å². The van der Waals surface area contributed by atoms with E-state index in [4.69, 9.17) is 6.58 Å². The van der Waals surface area contributed by atoms with Crippen molar-refractivity contribution in [1.82, 2.24) is 0 Å². The first-order chi connectivity index (χ1) is 7.24. The summed E-state index contributed by atoms with van der Waals surface area (Å²) in [6.07, 6.45) is 1.57. The third kappa shape index (κ3) is 1.89. The fourth-order valence-corrected chi connectivity index (χ4v) is 3.44. The molecule has 0 fully saturated rings. The molecule has 1 heteroatoms. The summed E-state index contributed by atoms with van der Waals surface area (Å²) in [5, 5.41) is 0. The average Bonchev–Trinajstić information content (AvgIpc) is 2.27. The molecule has 76 valence electrons. The van der Waals surface area contributed by atoms with E-state index in [0.717, 1.165) is 5.75 Å². The largest absolute Gasteiger partial charge is 0.125 e. The van der Waals surface area contributed by atoms with Crippen molar-refractivity contribution >= 4 is 11.8 Å². The van der Waals surface area contributed by atoms with Crippen LogP contribution < -0.4 is 0 Å². The van der Waals surface area contributed by atoms with Gasteiger partial charge in [-0.2, -0.15) is 0 Å². The van der Waals surface area contributed by atoms with E-state index >= 15 is 0 Å². The van der Waals surface area contributed by atoms with Crippen LogP contribution in [0.5, 0.6) is 0 Å². The van der Waals surface area contributed by atoms with Gasteiger partial charge in [-0.3, -0.25) is 0 Å². The lowest BCUT2D eigenvalue weighted by Crippen LogP contribution is -2.19. The standard InChI is InChI=1S/C14H14S/c1-4-11-12-7-5-6-8-14(12)15-9-13(11)10(2)3/h4-8,11,13H,2,9H2,3H3. The van der Waals surface area contributed by atoms with E-state index in [-0.39, 0.29) is 5.92 Å². The minimum absolute atomic E-state index is 0.222. The molecule has 1 aliphatic heterocycles. The summed E-state index contributed by atoms with van der Waals surface area (Å²) >= 11 is 1.88. The number of rotatable bonds is 2. The van der Waals surface area contributed by atoms with E-state index in [1.807, 2.05) is 11.8 Å². The summed E-state index contributed by atoms with van der Waals surface area (Å²) in [6.45, 7) is 13.7. The lowest BCUT2D eigenvalue weighted by molar-refractivity contribution is 0.599. The van der Waals surface area contributed by atoms with Crippen LogP contribution in [0, 0.1) is 12.5 Å². The van der Waals surface area contributed by atoms with Crippen LogP contribution in [0.2, 0.25) is 0 Å². The van der Waals surface area contributed by atoms with Crippen molar-refractivity contribution < 1.29 is 0 Å². The summed E-state index contributed by atoms with van der Waals surface area (Å²) in [5.41, 5.74) is 2.47. The van der Waals surface area contributed by atoms with Gasteiger partial charge >= 0.3 is 0 Å². The second-order valence-electron chi connectivity index (χ2n) is 3.99. The Balaban J connectivity index is 2.43. The Morgan fingerprint density at radius 1 is 1.53 bits per heavy atom. The molecule has 0 amide bonds. The van der Waals surface area contributed by atoms with Crippen LogP contribution in [-0.2, 0) is 0 Å². The average molecular weight is 214 g/mol. The molecule has 1 aromatic carbocycles. The molecule has 0 bridgehead atoms. The van der Waals surface area contributed by atoms with Crippen molar-refractivity contribution in [1.29, 1.82) is 0 Å². The first-order valence-electron chi connectivity index (χ1n) is 5.11. The van der Waals surface area contributed by atoms with E-state index in [0.29, 0.717) is 5.92 Å². The third-order valence-corrected chi connectivity index (χ3v) is 4.15. The Hall–Kier alpha value is -0.950. The molecule has 2 atom stereocenters. The topological polar surface area (TPSA) is 0 Å². The summed E-state index contributed by atoms with van der Waals surface area (Å²) in [7, 11) is 0. The quantitative estimate of drug-likeness (QED) is 0.672. The van der Waals surface area contributed by atoms with Gasteiger partial charge in [0.05, 0.1) is 0 Å². The van der Waals surface area contributed by atoms with Crippen LogP contribution in [0.3, 0.4) is 0 Å².